The second kappa shape index (κ2) is 13.5. The SMILES string of the molecule is NOc1cc(C#CCCCC(=O)O)cc2c1OCCCC2.OCCCC1=CNC2C=CC=CC12. The van der Waals surface area contributed by atoms with Gasteiger partial charge in [0.2, 0.25) is 0 Å². The van der Waals surface area contributed by atoms with E-state index in [1.165, 1.54) is 5.57 Å². The topological polar surface area (TPSA) is 114 Å². The van der Waals surface area contributed by atoms with Crippen LogP contribution < -0.4 is 20.8 Å². The van der Waals surface area contributed by atoms with E-state index < -0.39 is 5.97 Å². The molecule has 1 aliphatic carbocycles. The van der Waals surface area contributed by atoms with Crippen LogP contribution >= 0.6 is 0 Å². The van der Waals surface area contributed by atoms with Crippen molar-refractivity contribution in [2.45, 2.75) is 57.4 Å². The number of carboxylic acids is 1. The molecule has 0 radical (unpaired) electrons. The van der Waals surface area contributed by atoms with Crippen LogP contribution in [0.2, 0.25) is 0 Å². The lowest BCUT2D eigenvalue weighted by molar-refractivity contribution is -0.137. The molecule has 1 aromatic rings. The van der Waals surface area contributed by atoms with Crippen molar-refractivity contribution in [3.8, 4) is 23.3 Å². The van der Waals surface area contributed by atoms with Gasteiger partial charge in [-0.05, 0) is 61.9 Å². The van der Waals surface area contributed by atoms with Crippen LogP contribution in [0, 0.1) is 17.8 Å². The third kappa shape index (κ3) is 7.41. The number of fused-ring (bicyclic) bond motifs is 2. The quantitative estimate of drug-likeness (QED) is 0.276. The van der Waals surface area contributed by atoms with Gasteiger partial charge in [0.15, 0.2) is 11.5 Å². The number of aliphatic carboxylic acids is 1. The summed E-state index contributed by atoms with van der Waals surface area (Å²) in [6.07, 6.45) is 16.8. The molecule has 0 saturated carbocycles. The Morgan fingerprint density at radius 1 is 1.24 bits per heavy atom. The predicted octanol–water partition coefficient (Wildman–Crippen LogP) is 3.62. The van der Waals surface area contributed by atoms with Crippen LogP contribution in [0.25, 0.3) is 0 Å². The Bertz CT molecular complexity index is 987. The van der Waals surface area contributed by atoms with Crippen molar-refractivity contribution in [1.29, 1.82) is 0 Å². The minimum atomic E-state index is -0.794. The largest absolute Gasteiger partial charge is 0.489 e. The number of hydrogen-bond acceptors (Lipinski definition) is 6. The van der Waals surface area contributed by atoms with Crippen molar-refractivity contribution < 1.29 is 24.6 Å². The van der Waals surface area contributed by atoms with Crippen molar-refractivity contribution in [3.63, 3.8) is 0 Å². The molecule has 2 atom stereocenters. The summed E-state index contributed by atoms with van der Waals surface area (Å²) in [5.74, 6) is 12.3. The number of allylic oxidation sites excluding steroid dienone is 2. The van der Waals surface area contributed by atoms with Crippen LogP contribution in [-0.4, -0.2) is 35.4 Å². The molecule has 0 spiro atoms. The molecule has 1 aromatic carbocycles. The molecule has 4 rings (SSSR count). The molecular formula is C27H34N2O5. The average molecular weight is 467 g/mol. The zero-order valence-electron chi connectivity index (χ0n) is 19.5. The highest BCUT2D eigenvalue weighted by Crippen LogP contribution is 2.35. The Morgan fingerprint density at radius 2 is 2.09 bits per heavy atom. The van der Waals surface area contributed by atoms with Crippen LogP contribution in [0.15, 0.2) is 48.2 Å². The van der Waals surface area contributed by atoms with Crippen LogP contribution in [0.1, 0.15) is 56.1 Å². The molecule has 0 bridgehead atoms. The lowest BCUT2D eigenvalue weighted by Gasteiger charge is -2.18. The number of carbonyl (C=O) groups is 1. The number of nitrogens with two attached hydrogens (primary N) is 1. The van der Waals surface area contributed by atoms with E-state index in [0.717, 1.165) is 43.2 Å². The molecule has 2 aliphatic heterocycles. The fourth-order valence-corrected chi connectivity index (χ4v) is 4.20. The number of hydrogen-bond donors (Lipinski definition) is 4. The lowest BCUT2D eigenvalue weighted by atomic mass is 9.89. The van der Waals surface area contributed by atoms with Gasteiger partial charge in [-0.1, -0.05) is 36.1 Å². The van der Waals surface area contributed by atoms with E-state index in [-0.39, 0.29) is 13.0 Å². The molecule has 0 fully saturated rings. The Morgan fingerprint density at radius 3 is 2.88 bits per heavy atom. The first-order chi connectivity index (χ1) is 16.6. The summed E-state index contributed by atoms with van der Waals surface area (Å²) in [6.45, 7) is 0.956. The zero-order chi connectivity index (χ0) is 24.2. The van der Waals surface area contributed by atoms with Crippen LogP contribution in [-0.2, 0) is 11.2 Å². The fourth-order valence-electron chi connectivity index (χ4n) is 4.20. The molecule has 0 aromatic heterocycles. The van der Waals surface area contributed by atoms with Crippen molar-refractivity contribution in [1.82, 2.24) is 5.32 Å². The van der Waals surface area contributed by atoms with E-state index in [0.29, 0.717) is 42.9 Å². The molecule has 5 N–H and O–H groups in total. The maximum absolute atomic E-state index is 10.4. The number of aliphatic hydroxyl groups is 1. The van der Waals surface area contributed by atoms with Gasteiger partial charge in [0.05, 0.1) is 12.6 Å². The van der Waals surface area contributed by atoms with Crippen molar-refractivity contribution in [2.75, 3.05) is 13.2 Å². The van der Waals surface area contributed by atoms with Gasteiger partial charge in [-0.3, -0.25) is 4.79 Å². The van der Waals surface area contributed by atoms with Crippen LogP contribution in [0.4, 0.5) is 0 Å². The summed E-state index contributed by atoms with van der Waals surface area (Å²) >= 11 is 0. The fraction of sp³-hybridized carbons (Fsp3) is 0.444. The van der Waals surface area contributed by atoms with Gasteiger partial charge in [-0.2, -0.15) is 5.90 Å². The minimum absolute atomic E-state index is 0.143. The van der Waals surface area contributed by atoms with E-state index in [9.17, 15) is 4.79 Å². The number of carboxylic acid groups (broad SMARTS) is 1. The van der Waals surface area contributed by atoms with E-state index in [1.54, 1.807) is 6.07 Å². The molecule has 7 nitrogen and oxygen atoms in total. The molecule has 0 amide bonds. The smallest absolute Gasteiger partial charge is 0.303 e. The first kappa shape index (κ1) is 25.4. The monoisotopic (exact) mass is 466 g/mol. The average Bonchev–Trinajstić information content (AvgIpc) is 3.10. The van der Waals surface area contributed by atoms with Crippen molar-refractivity contribution in [2.24, 2.45) is 11.8 Å². The summed E-state index contributed by atoms with van der Waals surface area (Å²) in [6, 6.07) is 4.21. The summed E-state index contributed by atoms with van der Waals surface area (Å²) in [5, 5.41) is 20.6. The van der Waals surface area contributed by atoms with Gasteiger partial charge in [0.1, 0.15) is 0 Å². The Hall–Kier alpha value is -3.21. The molecule has 2 heterocycles. The Balaban J connectivity index is 0.000000212. The van der Waals surface area contributed by atoms with Gasteiger partial charge >= 0.3 is 5.97 Å². The van der Waals surface area contributed by atoms with Gasteiger partial charge in [0.25, 0.3) is 0 Å². The van der Waals surface area contributed by atoms with Crippen molar-refractivity contribution in [3.05, 3.63) is 59.3 Å². The van der Waals surface area contributed by atoms with Crippen molar-refractivity contribution >= 4 is 5.97 Å². The highest BCUT2D eigenvalue weighted by atomic mass is 16.6. The van der Waals surface area contributed by atoms with Crippen LogP contribution in [0.5, 0.6) is 11.5 Å². The van der Waals surface area contributed by atoms with Gasteiger partial charge in [-0.15, -0.1) is 0 Å². The van der Waals surface area contributed by atoms with Gasteiger partial charge in [-0.25, -0.2) is 0 Å². The van der Waals surface area contributed by atoms with E-state index >= 15 is 0 Å². The van der Waals surface area contributed by atoms with Gasteiger partial charge in [0, 0.05) is 37.0 Å². The van der Waals surface area contributed by atoms with Gasteiger partial charge < -0.3 is 25.1 Å². The number of nitrogens with one attached hydrogen (secondary N) is 1. The first-order valence-electron chi connectivity index (χ1n) is 11.9. The minimum Gasteiger partial charge on any atom is -0.489 e. The number of unbranched alkanes of at least 4 members (excludes halogenated alkanes) is 1. The second-order valence-corrected chi connectivity index (χ2v) is 8.47. The zero-order valence-corrected chi connectivity index (χ0v) is 19.5. The third-order valence-corrected chi connectivity index (χ3v) is 5.92. The normalized spacial score (nSPS) is 19.5. The summed E-state index contributed by atoms with van der Waals surface area (Å²) in [4.78, 5) is 15.3. The molecule has 0 saturated heterocycles. The Kier molecular flexibility index (Phi) is 10.1. The summed E-state index contributed by atoms with van der Waals surface area (Å²) in [7, 11) is 0. The number of ether oxygens (including phenoxy) is 1. The molecular weight excluding hydrogens is 432 g/mol. The molecule has 3 aliphatic rings. The molecule has 7 heteroatoms. The highest BCUT2D eigenvalue weighted by molar-refractivity contribution is 5.66. The maximum atomic E-state index is 10.4. The van der Waals surface area contributed by atoms with E-state index in [1.807, 2.05) is 6.07 Å². The number of benzene rings is 1. The second-order valence-electron chi connectivity index (χ2n) is 8.47. The first-order valence-corrected chi connectivity index (χ1v) is 11.9. The van der Waals surface area contributed by atoms with Crippen LogP contribution in [0.3, 0.4) is 0 Å². The summed E-state index contributed by atoms with van der Waals surface area (Å²) < 4.78 is 5.68. The maximum Gasteiger partial charge on any atom is 0.303 e. The standard InChI is InChI=1S/C16H19NO4.C11H15NO/c17-21-14-11-12(6-2-1-3-8-15(18)19)10-13-7-4-5-9-20-16(13)14;13-7-3-4-9-8-12-11-6-2-1-5-10(9)11/h10-11H,1,3-5,7-9,17H2,(H,18,19);1-2,5-6,8,10-13H,3-4,7H2. The number of rotatable bonds is 7. The number of aliphatic hydroxyl groups excluding tert-OH is 1. The molecule has 2 unspecified atom stereocenters. The Labute approximate surface area is 201 Å². The number of aryl methyl sites for hydroxylation is 1. The van der Waals surface area contributed by atoms with E-state index in [2.05, 4.69) is 47.7 Å². The molecule has 182 valence electrons. The molecule has 34 heavy (non-hydrogen) atoms. The van der Waals surface area contributed by atoms with E-state index in [4.69, 9.17) is 25.7 Å². The summed E-state index contributed by atoms with van der Waals surface area (Å²) in [5.41, 5.74) is 3.29. The third-order valence-electron chi connectivity index (χ3n) is 5.92. The lowest BCUT2D eigenvalue weighted by Crippen LogP contribution is -2.25. The highest BCUT2D eigenvalue weighted by Gasteiger charge is 2.25. The predicted molar refractivity (Wildman–Crippen MR) is 131 cm³/mol.